The summed E-state index contributed by atoms with van der Waals surface area (Å²) in [5.74, 6) is -0.0180. The van der Waals surface area contributed by atoms with Gasteiger partial charge in [0.15, 0.2) is 12.4 Å². The van der Waals surface area contributed by atoms with E-state index in [4.69, 9.17) is 32.7 Å². The molecule has 2 aromatic carbocycles. The second kappa shape index (κ2) is 12.7. The van der Waals surface area contributed by atoms with Gasteiger partial charge in [-0.05, 0) is 58.7 Å². The molecule has 2 rings (SSSR count). The first-order valence-corrected chi connectivity index (χ1v) is 11.0. The van der Waals surface area contributed by atoms with Crippen LogP contribution < -0.4 is 20.3 Å². The molecule has 0 aromatic heterocycles. The fraction of sp³-hybridized carbons (Fsp3) is 0.333. The van der Waals surface area contributed by atoms with Crippen LogP contribution in [0, 0.1) is 0 Å². The molecule has 2 aromatic rings. The van der Waals surface area contributed by atoms with E-state index in [2.05, 4.69) is 33.7 Å². The lowest BCUT2D eigenvalue weighted by Gasteiger charge is -2.11. The second-order valence-corrected chi connectivity index (χ2v) is 8.12. The minimum absolute atomic E-state index is 0.263. The van der Waals surface area contributed by atoms with Gasteiger partial charge in [0.2, 0.25) is 0 Å². The van der Waals surface area contributed by atoms with Gasteiger partial charge in [-0.25, -0.2) is 0 Å². The average Bonchev–Trinajstić information content (AvgIpc) is 2.71. The number of rotatable bonds is 10. The molecule has 6 nitrogen and oxygen atoms in total. The van der Waals surface area contributed by atoms with Crippen LogP contribution in [-0.2, 0) is 4.79 Å². The van der Waals surface area contributed by atoms with Crippen LogP contribution in [0.4, 0.5) is 0 Å². The highest BCUT2D eigenvalue weighted by Gasteiger charge is 2.12. The lowest BCUT2D eigenvalue weighted by Crippen LogP contribution is -2.43. The van der Waals surface area contributed by atoms with E-state index in [0.29, 0.717) is 27.4 Å². The van der Waals surface area contributed by atoms with Gasteiger partial charge in [-0.3, -0.25) is 20.4 Å². The number of halogens is 3. The summed E-state index contributed by atoms with van der Waals surface area (Å²) in [7, 11) is 0. The average molecular weight is 518 g/mol. The number of hydrogen-bond acceptors (Lipinski definition) is 4. The molecule has 0 aliphatic rings. The molecule has 0 saturated heterocycles. The lowest BCUT2D eigenvalue weighted by atomic mass is 10.2. The Hall–Kier alpha value is -1.96. The maximum atomic E-state index is 12.2. The summed E-state index contributed by atoms with van der Waals surface area (Å²) in [6, 6.07) is 9.80. The molecule has 0 bridgehead atoms. The van der Waals surface area contributed by atoms with Crippen molar-refractivity contribution in [3.05, 3.63) is 56.5 Å². The highest BCUT2D eigenvalue weighted by atomic mass is 79.9. The van der Waals surface area contributed by atoms with Gasteiger partial charge >= 0.3 is 0 Å². The molecule has 9 heteroatoms. The molecule has 0 atom stereocenters. The molecule has 0 radical (unpaired) electrons. The molecule has 0 spiro atoms. The number of unbranched alkanes of at least 4 members (excludes halogenated alkanes) is 3. The maximum Gasteiger partial charge on any atom is 0.276 e. The first-order chi connectivity index (χ1) is 14.4. The zero-order valence-corrected chi connectivity index (χ0v) is 19.6. The molecule has 2 amide bonds. The monoisotopic (exact) mass is 516 g/mol. The highest BCUT2D eigenvalue weighted by Crippen LogP contribution is 2.35. The summed E-state index contributed by atoms with van der Waals surface area (Å²) >= 11 is 15.2. The summed E-state index contributed by atoms with van der Waals surface area (Å²) in [6.07, 6.45) is 4.52. The number of carbonyl (C=O) groups is 2. The minimum Gasteiger partial charge on any atom is -0.494 e. The van der Waals surface area contributed by atoms with Crippen LogP contribution in [0.3, 0.4) is 0 Å². The number of amides is 2. The van der Waals surface area contributed by atoms with E-state index in [1.54, 1.807) is 30.3 Å². The summed E-state index contributed by atoms with van der Waals surface area (Å²) < 4.78 is 11.5. The van der Waals surface area contributed by atoms with Crippen molar-refractivity contribution in [1.29, 1.82) is 0 Å². The molecule has 162 valence electrons. The fourth-order valence-corrected chi connectivity index (χ4v) is 3.83. The van der Waals surface area contributed by atoms with Crippen LogP contribution in [0.25, 0.3) is 0 Å². The number of hydrazine groups is 1. The Morgan fingerprint density at radius 2 is 1.73 bits per heavy atom. The van der Waals surface area contributed by atoms with Crippen molar-refractivity contribution < 1.29 is 19.1 Å². The van der Waals surface area contributed by atoms with Crippen LogP contribution in [0.5, 0.6) is 11.5 Å². The molecule has 0 aliphatic carbocycles. The van der Waals surface area contributed by atoms with Gasteiger partial charge in [0.25, 0.3) is 11.8 Å². The van der Waals surface area contributed by atoms with Crippen molar-refractivity contribution in [2.45, 2.75) is 32.6 Å². The van der Waals surface area contributed by atoms with Crippen molar-refractivity contribution in [2.24, 2.45) is 0 Å². The van der Waals surface area contributed by atoms with Gasteiger partial charge in [-0.15, -0.1) is 0 Å². The van der Waals surface area contributed by atoms with E-state index < -0.39 is 11.8 Å². The predicted molar refractivity (Wildman–Crippen MR) is 121 cm³/mol. The van der Waals surface area contributed by atoms with Gasteiger partial charge < -0.3 is 9.47 Å². The van der Waals surface area contributed by atoms with Crippen molar-refractivity contribution >= 4 is 50.9 Å². The van der Waals surface area contributed by atoms with E-state index >= 15 is 0 Å². The van der Waals surface area contributed by atoms with Gasteiger partial charge in [0, 0.05) is 10.6 Å². The standard InChI is InChI=1S/C21H23BrCl2N2O4/c1-2-3-4-5-10-29-16-8-6-14(7-9-16)21(28)26-25-19(27)13-30-20-17(22)11-15(23)12-18(20)24/h6-9,11-12H,2-5,10,13H2,1H3,(H,25,27)(H,26,28). The van der Waals surface area contributed by atoms with Crippen molar-refractivity contribution in [1.82, 2.24) is 10.9 Å². The quantitative estimate of drug-likeness (QED) is 0.319. The molecular weight excluding hydrogens is 495 g/mol. The SMILES string of the molecule is CCCCCCOc1ccc(C(=O)NNC(=O)COc2c(Cl)cc(Cl)cc2Br)cc1. The van der Waals surface area contributed by atoms with Crippen LogP contribution in [-0.4, -0.2) is 25.0 Å². The molecule has 30 heavy (non-hydrogen) atoms. The number of benzene rings is 2. The van der Waals surface area contributed by atoms with E-state index in [1.165, 1.54) is 18.9 Å². The smallest absolute Gasteiger partial charge is 0.276 e. The molecule has 0 fully saturated rings. The van der Waals surface area contributed by atoms with Gasteiger partial charge in [0.1, 0.15) is 5.75 Å². The number of nitrogens with one attached hydrogen (secondary N) is 2. The van der Waals surface area contributed by atoms with Crippen LogP contribution in [0.15, 0.2) is 40.9 Å². The third-order valence-electron chi connectivity index (χ3n) is 4.01. The van der Waals surface area contributed by atoms with Gasteiger partial charge in [0.05, 0.1) is 16.1 Å². The van der Waals surface area contributed by atoms with E-state index in [0.717, 1.165) is 12.8 Å². The number of carbonyl (C=O) groups excluding carboxylic acids is 2. The molecule has 0 saturated carbocycles. The molecular formula is C21H23BrCl2N2O4. The zero-order valence-electron chi connectivity index (χ0n) is 16.5. The van der Waals surface area contributed by atoms with E-state index in [1.807, 2.05) is 0 Å². The van der Waals surface area contributed by atoms with Gasteiger partial charge in [-0.1, -0.05) is 49.4 Å². The Morgan fingerprint density at radius 1 is 1.00 bits per heavy atom. The second-order valence-electron chi connectivity index (χ2n) is 6.42. The number of hydrogen-bond donors (Lipinski definition) is 2. The van der Waals surface area contributed by atoms with E-state index in [9.17, 15) is 9.59 Å². The van der Waals surface area contributed by atoms with Crippen molar-refractivity contribution in [3.63, 3.8) is 0 Å². The van der Waals surface area contributed by atoms with Crippen LogP contribution in [0.2, 0.25) is 10.0 Å². The van der Waals surface area contributed by atoms with Crippen LogP contribution >= 0.6 is 39.1 Å². The summed E-state index contributed by atoms with van der Waals surface area (Å²) in [4.78, 5) is 24.1. The summed E-state index contributed by atoms with van der Waals surface area (Å²) in [5.41, 5.74) is 5.01. The minimum atomic E-state index is -0.548. The summed E-state index contributed by atoms with van der Waals surface area (Å²) in [6.45, 7) is 2.47. The van der Waals surface area contributed by atoms with Crippen molar-refractivity contribution in [3.8, 4) is 11.5 Å². The van der Waals surface area contributed by atoms with Gasteiger partial charge in [-0.2, -0.15) is 0 Å². The van der Waals surface area contributed by atoms with Crippen LogP contribution in [0.1, 0.15) is 43.0 Å². The normalized spacial score (nSPS) is 10.4. The first-order valence-electron chi connectivity index (χ1n) is 9.50. The molecule has 0 aliphatic heterocycles. The first kappa shape index (κ1) is 24.3. The lowest BCUT2D eigenvalue weighted by molar-refractivity contribution is -0.123. The Labute approximate surface area is 194 Å². The highest BCUT2D eigenvalue weighted by molar-refractivity contribution is 9.10. The predicted octanol–water partition coefficient (Wildman–Crippen LogP) is 5.56. The maximum absolute atomic E-state index is 12.2. The third-order valence-corrected chi connectivity index (χ3v) is 5.10. The van der Waals surface area contributed by atoms with Crippen molar-refractivity contribution in [2.75, 3.05) is 13.2 Å². The van der Waals surface area contributed by atoms with E-state index in [-0.39, 0.29) is 17.4 Å². The Kier molecular flexibility index (Phi) is 10.3. The summed E-state index contributed by atoms with van der Waals surface area (Å²) in [5, 5.41) is 0.697. The Morgan fingerprint density at radius 3 is 2.40 bits per heavy atom. The largest absolute Gasteiger partial charge is 0.494 e. The molecule has 0 unspecified atom stereocenters. The molecule has 2 N–H and O–H groups in total. The number of ether oxygens (including phenoxy) is 2. The zero-order chi connectivity index (χ0) is 21.9. The molecule has 0 heterocycles. The topological polar surface area (TPSA) is 76.7 Å². The Bertz CT molecular complexity index is 840. The third kappa shape index (κ3) is 8.05. The Balaban J connectivity index is 1.75. The fourth-order valence-electron chi connectivity index (χ4n) is 2.46.